The topological polar surface area (TPSA) is 88.6 Å². The van der Waals surface area contributed by atoms with Gasteiger partial charge in [0.05, 0.1) is 5.69 Å². The summed E-state index contributed by atoms with van der Waals surface area (Å²) >= 11 is 1.14. The second-order valence-corrected chi connectivity index (χ2v) is 10.1. The third-order valence-corrected chi connectivity index (χ3v) is 6.30. The molecule has 1 saturated heterocycles. The van der Waals surface area contributed by atoms with Gasteiger partial charge < -0.3 is 10.1 Å². The third-order valence-electron chi connectivity index (χ3n) is 5.33. The summed E-state index contributed by atoms with van der Waals surface area (Å²) in [5.74, 6) is -0.496. The van der Waals surface area contributed by atoms with Gasteiger partial charge in [0.25, 0.3) is 0 Å². The van der Waals surface area contributed by atoms with Crippen molar-refractivity contribution in [1.82, 2.24) is 9.88 Å². The molecule has 2 aromatic carbocycles. The minimum Gasteiger partial charge on any atom is -0.444 e. The summed E-state index contributed by atoms with van der Waals surface area (Å²) in [6, 6.07) is 17.7. The van der Waals surface area contributed by atoms with E-state index in [9.17, 15) is 14.4 Å². The largest absolute Gasteiger partial charge is 0.444 e. The van der Waals surface area contributed by atoms with Gasteiger partial charge in [0.1, 0.15) is 16.5 Å². The Morgan fingerprint density at radius 1 is 1.03 bits per heavy atom. The van der Waals surface area contributed by atoms with E-state index in [4.69, 9.17) is 4.74 Å². The second kappa shape index (κ2) is 9.77. The molecule has 0 saturated carbocycles. The van der Waals surface area contributed by atoms with Gasteiger partial charge in [-0.05, 0) is 33.6 Å². The Labute approximate surface area is 202 Å². The number of benzene rings is 2. The van der Waals surface area contributed by atoms with Crippen LogP contribution in [0, 0.1) is 0 Å². The smallest absolute Gasteiger partial charge is 0.410 e. The van der Waals surface area contributed by atoms with Crippen molar-refractivity contribution in [1.29, 1.82) is 0 Å². The first kappa shape index (κ1) is 23.6. The number of aromatic nitrogens is 1. The number of carbonyl (C=O) groups excluding carboxylic acids is 3. The van der Waals surface area contributed by atoms with Gasteiger partial charge in [0.2, 0.25) is 11.7 Å². The molecule has 1 aliphatic heterocycles. The quantitative estimate of drug-likeness (QED) is 0.499. The van der Waals surface area contributed by atoms with Gasteiger partial charge in [0, 0.05) is 17.7 Å². The van der Waals surface area contributed by atoms with Gasteiger partial charge in [-0.25, -0.2) is 9.78 Å². The molecule has 176 valence electrons. The van der Waals surface area contributed by atoms with Crippen LogP contribution in [0.5, 0.6) is 0 Å². The molecule has 2 amide bonds. The minimum absolute atomic E-state index is 0.159. The van der Waals surface area contributed by atoms with Gasteiger partial charge in [-0.2, -0.15) is 0 Å². The molecule has 4 rings (SSSR count). The first-order valence-corrected chi connectivity index (χ1v) is 12.0. The molecule has 0 unspecified atom stereocenters. The van der Waals surface area contributed by atoms with Crippen molar-refractivity contribution in [3.8, 4) is 11.3 Å². The van der Waals surface area contributed by atoms with Crippen molar-refractivity contribution >= 4 is 34.3 Å². The number of hydrogen-bond acceptors (Lipinski definition) is 6. The maximum Gasteiger partial charge on any atom is 0.410 e. The maximum atomic E-state index is 13.3. The number of rotatable bonds is 5. The van der Waals surface area contributed by atoms with E-state index >= 15 is 0 Å². The predicted molar refractivity (Wildman–Crippen MR) is 132 cm³/mol. The van der Waals surface area contributed by atoms with E-state index < -0.39 is 17.7 Å². The van der Waals surface area contributed by atoms with E-state index in [-0.39, 0.29) is 11.7 Å². The van der Waals surface area contributed by atoms with Crippen LogP contribution >= 0.6 is 11.3 Å². The Hall–Kier alpha value is -3.52. The Morgan fingerprint density at radius 2 is 1.68 bits per heavy atom. The number of ether oxygens (including phenoxy) is 1. The third kappa shape index (κ3) is 5.34. The average Bonchev–Trinajstić information content (AvgIpc) is 3.46. The Morgan fingerprint density at radius 3 is 2.32 bits per heavy atom. The minimum atomic E-state index is -0.646. The van der Waals surface area contributed by atoms with Crippen LogP contribution in [0.1, 0.15) is 48.8 Å². The number of hydrogen-bond donors (Lipinski definition) is 1. The summed E-state index contributed by atoms with van der Waals surface area (Å²) in [5.41, 5.74) is 1.21. The zero-order valence-corrected chi connectivity index (χ0v) is 20.2. The van der Waals surface area contributed by atoms with Crippen LogP contribution < -0.4 is 5.32 Å². The van der Waals surface area contributed by atoms with Crippen LogP contribution in [-0.4, -0.2) is 45.9 Å². The lowest BCUT2D eigenvalue weighted by atomic mass is 10.1. The van der Waals surface area contributed by atoms with Crippen LogP contribution in [0.2, 0.25) is 0 Å². The molecule has 0 aliphatic carbocycles. The van der Waals surface area contributed by atoms with Crippen LogP contribution in [0.4, 0.5) is 9.93 Å². The number of likely N-dealkylation sites (tertiary alicyclic amines) is 1. The monoisotopic (exact) mass is 477 g/mol. The highest BCUT2D eigenvalue weighted by molar-refractivity contribution is 7.18. The Balaban J connectivity index is 1.60. The second-order valence-electron chi connectivity index (χ2n) is 9.08. The highest BCUT2D eigenvalue weighted by atomic mass is 32.1. The number of nitrogens with one attached hydrogen (secondary N) is 1. The molecule has 0 spiro atoms. The molecule has 0 bridgehead atoms. The SMILES string of the molecule is CC(C)(C)OC(=O)N1CCC[C@H]1C(=O)Nc1nc(-c2ccccc2)c(C(=O)c2ccccc2)s1. The molecule has 34 heavy (non-hydrogen) atoms. The Kier molecular flexibility index (Phi) is 6.79. The zero-order valence-electron chi connectivity index (χ0n) is 19.4. The molecule has 7 nitrogen and oxygen atoms in total. The van der Waals surface area contributed by atoms with Gasteiger partial charge in [-0.3, -0.25) is 14.5 Å². The number of amides is 2. The van der Waals surface area contributed by atoms with Crippen LogP contribution in [0.25, 0.3) is 11.3 Å². The van der Waals surface area contributed by atoms with Crippen LogP contribution in [-0.2, 0) is 9.53 Å². The molecule has 1 fully saturated rings. The number of nitrogens with zero attached hydrogens (tertiary/aromatic N) is 2. The first-order valence-electron chi connectivity index (χ1n) is 11.2. The maximum absolute atomic E-state index is 13.3. The van der Waals surface area contributed by atoms with Crippen molar-refractivity contribution in [2.24, 2.45) is 0 Å². The molecule has 1 N–H and O–H groups in total. The lowest BCUT2D eigenvalue weighted by Crippen LogP contribution is -2.45. The fraction of sp³-hybridized carbons (Fsp3) is 0.308. The van der Waals surface area contributed by atoms with E-state index in [1.807, 2.05) is 48.5 Å². The average molecular weight is 478 g/mol. The standard InChI is InChI=1S/C26H27N3O4S/c1-26(2,3)33-25(32)29-16-10-15-19(29)23(31)28-24-27-20(17-11-6-4-7-12-17)22(34-24)21(30)18-13-8-5-9-14-18/h4-9,11-14,19H,10,15-16H2,1-3H3,(H,27,28,31)/t19-/m0/s1. The molecule has 0 radical (unpaired) electrons. The lowest BCUT2D eigenvalue weighted by Gasteiger charge is -2.27. The first-order chi connectivity index (χ1) is 16.2. The fourth-order valence-corrected chi connectivity index (χ4v) is 4.76. The van der Waals surface area contributed by atoms with Gasteiger partial charge >= 0.3 is 6.09 Å². The fourth-order valence-electron chi connectivity index (χ4n) is 3.81. The van der Waals surface area contributed by atoms with Crippen molar-refractivity contribution in [3.63, 3.8) is 0 Å². The van der Waals surface area contributed by atoms with Crippen molar-refractivity contribution < 1.29 is 19.1 Å². The summed E-state index contributed by atoms with van der Waals surface area (Å²) in [6.07, 6.45) is 0.745. The zero-order chi connectivity index (χ0) is 24.3. The van der Waals surface area contributed by atoms with E-state index in [0.717, 1.165) is 16.9 Å². The van der Waals surface area contributed by atoms with E-state index in [1.165, 1.54) is 4.90 Å². The van der Waals surface area contributed by atoms with E-state index in [1.54, 1.807) is 32.9 Å². The summed E-state index contributed by atoms with van der Waals surface area (Å²) in [6.45, 7) is 5.84. The molecular weight excluding hydrogens is 450 g/mol. The Bertz CT molecular complexity index is 1190. The summed E-state index contributed by atoms with van der Waals surface area (Å²) < 4.78 is 5.46. The normalized spacial score (nSPS) is 15.7. The number of carbonyl (C=O) groups is 3. The van der Waals surface area contributed by atoms with E-state index in [0.29, 0.717) is 40.7 Å². The highest BCUT2D eigenvalue weighted by Gasteiger charge is 2.37. The molecule has 1 atom stereocenters. The van der Waals surface area contributed by atoms with E-state index in [2.05, 4.69) is 10.3 Å². The predicted octanol–water partition coefficient (Wildman–Crippen LogP) is 5.38. The number of anilines is 1. The van der Waals surface area contributed by atoms with Crippen molar-refractivity contribution in [2.45, 2.75) is 45.3 Å². The van der Waals surface area contributed by atoms with Crippen molar-refractivity contribution in [2.75, 3.05) is 11.9 Å². The molecular formula is C26H27N3O4S. The summed E-state index contributed by atoms with van der Waals surface area (Å²) in [7, 11) is 0. The molecule has 1 aromatic heterocycles. The van der Waals surface area contributed by atoms with Crippen LogP contribution in [0.3, 0.4) is 0 Å². The summed E-state index contributed by atoms with van der Waals surface area (Å²) in [4.78, 5) is 45.5. The highest BCUT2D eigenvalue weighted by Crippen LogP contribution is 2.33. The van der Waals surface area contributed by atoms with Crippen LogP contribution in [0.15, 0.2) is 60.7 Å². The van der Waals surface area contributed by atoms with Gasteiger partial charge in [-0.1, -0.05) is 72.0 Å². The summed E-state index contributed by atoms with van der Waals surface area (Å²) in [5, 5.41) is 3.15. The number of thiazole rings is 1. The number of ketones is 1. The van der Waals surface area contributed by atoms with Crippen molar-refractivity contribution in [3.05, 3.63) is 71.1 Å². The lowest BCUT2D eigenvalue weighted by molar-refractivity contribution is -0.120. The molecule has 2 heterocycles. The molecule has 1 aliphatic rings. The van der Waals surface area contributed by atoms with Gasteiger partial charge in [0.15, 0.2) is 5.13 Å². The molecule has 8 heteroatoms. The molecule has 3 aromatic rings. The van der Waals surface area contributed by atoms with Gasteiger partial charge in [-0.15, -0.1) is 0 Å².